The zero-order valence-corrected chi connectivity index (χ0v) is 11.7. The number of ketones is 1. The van der Waals surface area contributed by atoms with E-state index in [-0.39, 0.29) is 11.3 Å². The molecular formula is C11H12BrN3OS. The molecule has 1 aromatic rings. The van der Waals surface area contributed by atoms with Gasteiger partial charge in [-0.05, 0) is 12.1 Å². The molecular weight excluding hydrogens is 302 g/mol. The lowest BCUT2D eigenvalue weighted by atomic mass is 10.4. The van der Waals surface area contributed by atoms with Crippen molar-refractivity contribution in [3.8, 4) is 0 Å². The highest BCUT2D eigenvalue weighted by molar-refractivity contribution is 9.09. The third-order valence-electron chi connectivity index (χ3n) is 2.30. The van der Waals surface area contributed by atoms with Gasteiger partial charge in [-0.3, -0.25) is 9.78 Å². The average Bonchev–Trinajstić information content (AvgIpc) is 2.71. The molecule has 0 amide bonds. The number of aromatic nitrogens is 1. The van der Waals surface area contributed by atoms with E-state index in [1.807, 2.05) is 30.3 Å². The van der Waals surface area contributed by atoms with Crippen molar-refractivity contribution < 1.29 is 4.79 Å². The molecule has 2 rings (SSSR count). The zero-order valence-electron chi connectivity index (χ0n) is 9.26. The van der Waals surface area contributed by atoms with Crippen LogP contribution >= 0.6 is 27.7 Å². The first-order chi connectivity index (χ1) is 8.20. The largest absolute Gasteiger partial charge is 0.356 e. The van der Waals surface area contributed by atoms with E-state index in [0.717, 1.165) is 10.6 Å². The van der Waals surface area contributed by atoms with Crippen molar-refractivity contribution in [2.75, 3.05) is 17.7 Å². The Labute approximate surface area is 113 Å². The minimum absolute atomic E-state index is 0.0513. The molecule has 1 aliphatic heterocycles. The monoisotopic (exact) mass is 313 g/mol. The summed E-state index contributed by atoms with van der Waals surface area (Å²) in [7, 11) is 1.94. The Balaban J connectivity index is 2.00. The predicted molar refractivity (Wildman–Crippen MR) is 73.9 cm³/mol. The van der Waals surface area contributed by atoms with Crippen LogP contribution in [0.3, 0.4) is 0 Å². The number of carbonyl (C=O) groups is 1. The maximum atomic E-state index is 11.6. The maximum Gasteiger partial charge on any atom is 0.181 e. The molecule has 0 saturated carbocycles. The smallest absolute Gasteiger partial charge is 0.181 e. The molecule has 1 unspecified atom stereocenters. The Morgan fingerprint density at radius 3 is 2.94 bits per heavy atom. The van der Waals surface area contributed by atoms with Gasteiger partial charge in [0.25, 0.3) is 0 Å². The second-order valence-corrected chi connectivity index (χ2v) is 5.25. The molecule has 1 aromatic heterocycles. The van der Waals surface area contributed by atoms with Crippen LogP contribution in [0.15, 0.2) is 35.6 Å². The van der Waals surface area contributed by atoms with Crippen LogP contribution in [-0.4, -0.2) is 33.5 Å². The molecule has 0 saturated heterocycles. The highest BCUT2D eigenvalue weighted by atomic mass is 79.9. The third kappa shape index (κ3) is 3.01. The van der Waals surface area contributed by atoms with Crippen molar-refractivity contribution in [2.45, 2.75) is 5.50 Å². The van der Waals surface area contributed by atoms with Gasteiger partial charge in [-0.1, -0.05) is 27.7 Å². The first kappa shape index (κ1) is 12.4. The highest BCUT2D eigenvalue weighted by Crippen LogP contribution is 2.32. The summed E-state index contributed by atoms with van der Waals surface area (Å²) in [5.74, 6) is 0.112. The van der Waals surface area contributed by atoms with E-state index in [2.05, 4.69) is 26.2 Å². The minimum atomic E-state index is 0.0513. The molecule has 0 aromatic carbocycles. The van der Waals surface area contributed by atoms with E-state index >= 15 is 0 Å². The van der Waals surface area contributed by atoms with Crippen molar-refractivity contribution >= 4 is 39.2 Å². The van der Waals surface area contributed by atoms with E-state index in [4.69, 9.17) is 0 Å². The molecule has 4 nitrogen and oxygen atoms in total. The molecule has 0 aliphatic carbocycles. The number of nitrogens with zero attached hydrogens (tertiary/aromatic N) is 2. The summed E-state index contributed by atoms with van der Waals surface area (Å²) in [6.07, 6.45) is 5.34. The molecule has 1 atom stereocenters. The molecule has 0 fully saturated rings. The fraction of sp³-hybridized carbons (Fsp3) is 0.273. The summed E-state index contributed by atoms with van der Waals surface area (Å²) in [5.41, 5.74) is 1.04. The van der Waals surface area contributed by atoms with Gasteiger partial charge in [-0.25, -0.2) is 0 Å². The summed E-state index contributed by atoms with van der Waals surface area (Å²) in [5, 5.41) is 3.69. The van der Waals surface area contributed by atoms with Gasteiger partial charge in [0.2, 0.25) is 0 Å². The van der Waals surface area contributed by atoms with E-state index in [9.17, 15) is 4.79 Å². The number of rotatable bonds is 4. The normalized spacial score (nSPS) is 19.1. The van der Waals surface area contributed by atoms with Gasteiger partial charge in [-0.2, -0.15) is 0 Å². The van der Waals surface area contributed by atoms with Gasteiger partial charge in [0.05, 0.1) is 10.2 Å². The lowest BCUT2D eigenvalue weighted by Crippen LogP contribution is -2.27. The van der Waals surface area contributed by atoms with Crippen LogP contribution < -0.4 is 5.32 Å². The third-order valence-corrected chi connectivity index (χ3v) is 4.07. The molecule has 6 heteroatoms. The van der Waals surface area contributed by atoms with E-state index in [1.54, 1.807) is 12.4 Å². The van der Waals surface area contributed by atoms with Crippen LogP contribution in [0.25, 0.3) is 0 Å². The number of allylic oxidation sites excluding steroid dienone is 1. The average molecular weight is 314 g/mol. The number of anilines is 1. The SMILES string of the molecule is CN1C=C(C(=O)CBr)SC1Nc1ccncc1. The van der Waals surface area contributed by atoms with Crippen LogP contribution in [0.4, 0.5) is 5.69 Å². The molecule has 1 aliphatic rings. The number of carbonyl (C=O) groups excluding carboxylic acids is 1. The quantitative estimate of drug-likeness (QED) is 0.864. The van der Waals surface area contributed by atoms with Crippen LogP contribution in [0, 0.1) is 0 Å². The first-order valence-corrected chi connectivity index (χ1v) is 7.07. The van der Waals surface area contributed by atoms with Crippen molar-refractivity contribution in [3.05, 3.63) is 35.6 Å². The van der Waals surface area contributed by atoms with E-state index in [0.29, 0.717) is 5.33 Å². The fourth-order valence-corrected chi connectivity index (χ4v) is 2.99. The molecule has 2 heterocycles. The molecule has 0 radical (unpaired) electrons. The van der Waals surface area contributed by atoms with E-state index < -0.39 is 0 Å². The number of thioether (sulfide) groups is 1. The second-order valence-electron chi connectivity index (χ2n) is 3.57. The highest BCUT2D eigenvalue weighted by Gasteiger charge is 2.25. The molecule has 0 bridgehead atoms. The lowest BCUT2D eigenvalue weighted by Gasteiger charge is -2.21. The van der Waals surface area contributed by atoms with Crippen LogP contribution in [0.2, 0.25) is 0 Å². The standard InChI is InChI=1S/C11H12BrN3OS/c1-15-7-10(9(16)6-12)17-11(15)14-8-2-4-13-5-3-8/h2-5,7,11H,6H2,1H3,(H,13,14). The Morgan fingerprint density at radius 2 is 2.29 bits per heavy atom. The number of pyridine rings is 1. The van der Waals surface area contributed by atoms with Gasteiger partial charge >= 0.3 is 0 Å². The number of halogens is 1. The summed E-state index contributed by atoms with van der Waals surface area (Å²) >= 11 is 4.70. The predicted octanol–water partition coefficient (Wildman–Crippen LogP) is 2.26. The molecule has 1 N–H and O–H groups in total. The molecule has 0 spiro atoms. The minimum Gasteiger partial charge on any atom is -0.356 e. The molecule has 17 heavy (non-hydrogen) atoms. The Bertz CT molecular complexity index is 438. The Hall–Kier alpha value is -1.01. The number of Topliss-reactive ketones (excluding diaryl/α,β-unsaturated/α-hetero) is 1. The summed E-state index contributed by atoms with van der Waals surface area (Å²) < 4.78 is 0. The summed E-state index contributed by atoms with van der Waals surface area (Å²) in [4.78, 5) is 18.3. The number of alkyl halides is 1. The van der Waals surface area contributed by atoms with Crippen molar-refractivity contribution in [1.29, 1.82) is 0 Å². The van der Waals surface area contributed by atoms with Gasteiger partial charge in [0, 0.05) is 31.3 Å². The van der Waals surface area contributed by atoms with Crippen LogP contribution in [-0.2, 0) is 4.79 Å². The molecule has 90 valence electrons. The number of hydrogen-bond donors (Lipinski definition) is 1. The van der Waals surface area contributed by atoms with E-state index in [1.165, 1.54) is 11.8 Å². The van der Waals surface area contributed by atoms with Crippen molar-refractivity contribution in [1.82, 2.24) is 9.88 Å². The van der Waals surface area contributed by atoms with Crippen LogP contribution in [0.1, 0.15) is 0 Å². The van der Waals surface area contributed by atoms with Gasteiger partial charge in [0.15, 0.2) is 11.3 Å². The van der Waals surface area contributed by atoms with Crippen LogP contribution in [0.5, 0.6) is 0 Å². The topological polar surface area (TPSA) is 45.2 Å². The maximum absolute atomic E-state index is 11.6. The zero-order chi connectivity index (χ0) is 12.3. The number of nitrogens with one attached hydrogen (secondary N) is 1. The second kappa shape index (κ2) is 5.55. The van der Waals surface area contributed by atoms with Gasteiger partial charge in [0.1, 0.15) is 0 Å². The Morgan fingerprint density at radius 1 is 1.59 bits per heavy atom. The van der Waals surface area contributed by atoms with Gasteiger partial charge < -0.3 is 10.2 Å². The Kier molecular flexibility index (Phi) is 4.06. The van der Waals surface area contributed by atoms with Crippen molar-refractivity contribution in [2.24, 2.45) is 0 Å². The van der Waals surface area contributed by atoms with Gasteiger partial charge in [-0.15, -0.1) is 0 Å². The fourth-order valence-electron chi connectivity index (χ4n) is 1.41. The lowest BCUT2D eigenvalue weighted by molar-refractivity contribution is -0.112. The number of hydrogen-bond acceptors (Lipinski definition) is 5. The summed E-state index contributed by atoms with van der Waals surface area (Å²) in [6, 6.07) is 3.80. The van der Waals surface area contributed by atoms with Crippen molar-refractivity contribution in [3.63, 3.8) is 0 Å². The first-order valence-electron chi connectivity index (χ1n) is 5.07. The summed E-state index contributed by atoms with van der Waals surface area (Å²) in [6.45, 7) is 0.